The van der Waals surface area contributed by atoms with Crippen molar-refractivity contribution in [3.05, 3.63) is 29.8 Å². The van der Waals surface area contributed by atoms with Crippen LogP contribution in [-0.4, -0.2) is 35.8 Å². The highest BCUT2D eigenvalue weighted by Gasteiger charge is 2.51. The van der Waals surface area contributed by atoms with Gasteiger partial charge in [0.2, 0.25) is 0 Å². The monoisotopic (exact) mass is 288 g/mol. The first-order chi connectivity index (χ1) is 9.68. The first-order valence-electron chi connectivity index (χ1n) is 7.87. The van der Waals surface area contributed by atoms with Crippen LogP contribution in [0.2, 0.25) is 0 Å². The van der Waals surface area contributed by atoms with Crippen LogP contribution >= 0.6 is 11.8 Å². The molecule has 3 atom stereocenters. The molecule has 4 rings (SSSR count). The summed E-state index contributed by atoms with van der Waals surface area (Å²) in [5.74, 6) is 2.94. The molecule has 1 aromatic carbocycles. The molecule has 108 valence electrons. The Kier molecular flexibility index (Phi) is 3.13. The highest BCUT2D eigenvalue weighted by atomic mass is 32.2. The maximum Gasteiger partial charge on any atom is 0.0372 e. The van der Waals surface area contributed by atoms with E-state index < -0.39 is 0 Å². The SMILES string of the molecule is CC1(C)C2CNCC2CN1C1CCSc2ccccc21. The third kappa shape index (κ3) is 1.87. The molecule has 2 fully saturated rings. The van der Waals surface area contributed by atoms with Crippen molar-refractivity contribution < 1.29 is 0 Å². The van der Waals surface area contributed by atoms with Gasteiger partial charge >= 0.3 is 0 Å². The Bertz CT molecular complexity index is 513. The van der Waals surface area contributed by atoms with Crippen molar-refractivity contribution in [2.45, 2.75) is 36.7 Å². The molecule has 0 spiro atoms. The molecule has 3 heteroatoms. The van der Waals surface area contributed by atoms with E-state index in [0.717, 1.165) is 11.8 Å². The van der Waals surface area contributed by atoms with Crippen molar-refractivity contribution in [3.63, 3.8) is 0 Å². The van der Waals surface area contributed by atoms with Gasteiger partial charge in [0, 0.05) is 29.6 Å². The molecular weight excluding hydrogens is 264 g/mol. The number of likely N-dealkylation sites (tertiary alicyclic amines) is 1. The molecule has 3 aliphatic rings. The summed E-state index contributed by atoms with van der Waals surface area (Å²) in [6.07, 6.45) is 1.30. The summed E-state index contributed by atoms with van der Waals surface area (Å²) in [4.78, 5) is 4.33. The van der Waals surface area contributed by atoms with Gasteiger partial charge in [-0.2, -0.15) is 0 Å². The van der Waals surface area contributed by atoms with E-state index in [0.29, 0.717) is 11.6 Å². The summed E-state index contributed by atoms with van der Waals surface area (Å²) in [6, 6.07) is 9.69. The maximum atomic E-state index is 3.59. The van der Waals surface area contributed by atoms with Crippen molar-refractivity contribution in [2.75, 3.05) is 25.4 Å². The van der Waals surface area contributed by atoms with Gasteiger partial charge in [-0.05, 0) is 56.0 Å². The van der Waals surface area contributed by atoms with Crippen molar-refractivity contribution in [1.29, 1.82) is 0 Å². The number of nitrogens with zero attached hydrogens (tertiary/aromatic N) is 1. The summed E-state index contributed by atoms with van der Waals surface area (Å²) < 4.78 is 0. The van der Waals surface area contributed by atoms with Gasteiger partial charge in [-0.15, -0.1) is 11.8 Å². The van der Waals surface area contributed by atoms with E-state index in [1.54, 1.807) is 5.56 Å². The first kappa shape index (κ1) is 13.2. The average Bonchev–Trinajstić information content (AvgIpc) is 3.01. The largest absolute Gasteiger partial charge is 0.316 e. The van der Waals surface area contributed by atoms with Crippen LogP contribution in [0.3, 0.4) is 0 Å². The van der Waals surface area contributed by atoms with Crippen molar-refractivity contribution in [3.8, 4) is 0 Å². The van der Waals surface area contributed by atoms with Crippen LogP contribution < -0.4 is 5.32 Å². The van der Waals surface area contributed by atoms with E-state index in [1.807, 2.05) is 11.8 Å². The van der Waals surface area contributed by atoms with Crippen molar-refractivity contribution >= 4 is 11.8 Å². The van der Waals surface area contributed by atoms with Crippen LogP contribution in [0.1, 0.15) is 31.9 Å². The number of hydrogen-bond donors (Lipinski definition) is 1. The molecule has 2 nitrogen and oxygen atoms in total. The average molecular weight is 288 g/mol. The summed E-state index contributed by atoms with van der Waals surface area (Å²) >= 11 is 2.03. The van der Waals surface area contributed by atoms with E-state index in [9.17, 15) is 0 Å². The molecule has 3 aliphatic heterocycles. The maximum absolute atomic E-state index is 3.59. The highest BCUT2D eigenvalue weighted by Crippen LogP contribution is 2.49. The van der Waals surface area contributed by atoms with Crippen LogP contribution in [0.5, 0.6) is 0 Å². The van der Waals surface area contributed by atoms with Gasteiger partial charge in [0.1, 0.15) is 0 Å². The fourth-order valence-electron chi connectivity index (χ4n) is 4.63. The lowest BCUT2D eigenvalue weighted by Gasteiger charge is -2.43. The van der Waals surface area contributed by atoms with Crippen LogP contribution in [-0.2, 0) is 0 Å². The Balaban J connectivity index is 1.69. The topological polar surface area (TPSA) is 15.3 Å². The standard InChI is InChI=1S/C17H24N2S/c1-17(2)14-10-18-9-12(14)11-19(17)15-7-8-20-16-6-4-3-5-13(15)16/h3-6,12,14-15,18H,7-11H2,1-2H3. The molecule has 0 aromatic heterocycles. The number of rotatable bonds is 1. The van der Waals surface area contributed by atoms with Crippen LogP contribution in [0.15, 0.2) is 29.2 Å². The van der Waals surface area contributed by atoms with Gasteiger partial charge in [-0.3, -0.25) is 4.90 Å². The van der Waals surface area contributed by atoms with E-state index in [1.165, 1.54) is 36.7 Å². The molecule has 0 bridgehead atoms. The minimum absolute atomic E-state index is 0.327. The number of nitrogens with one attached hydrogen (secondary N) is 1. The second-order valence-corrected chi connectivity index (χ2v) is 8.16. The molecular formula is C17H24N2S. The van der Waals surface area contributed by atoms with Gasteiger partial charge in [0.25, 0.3) is 0 Å². The molecule has 3 unspecified atom stereocenters. The zero-order valence-electron chi connectivity index (χ0n) is 12.4. The molecule has 2 saturated heterocycles. The van der Waals surface area contributed by atoms with Gasteiger partial charge < -0.3 is 5.32 Å². The normalized spacial score (nSPS) is 35.8. The fourth-order valence-corrected chi connectivity index (χ4v) is 5.73. The van der Waals surface area contributed by atoms with Gasteiger partial charge in [0.15, 0.2) is 0 Å². The number of thioether (sulfide) groups is 1. The predicted molar refractivity (Wildman–Crippen MR) is 85.2 cm³/mol. The first-order valence-corrected chi connectivity index (χ1v) is 8.85. The Hall–Kier alpha value is -0.510. The van der Waals surface area contributed by atoms with Crippen molar-refractivity contribution in [1.82, 2.24) is 10.2 Å². The Labute approximate surface area is 126 Å². The molecule has 0 radical (unpaired) electrons. The lowest BCUT2D eigenvalue weighted by atomic mass is 9.84. The lowest BCUT2D eigenvalue weighted by Crippen LogP contribution is -2.46. The number of benzene rings is 1. The second kappa shape index (κ2) is 4.75. The fraction of sp³-hybridized carbons (Fsp3) is 0.647. The second-order valence-electron chi connectivity index (χ2n) is 7.02. The van der Waals surface area contributed by atoms with Crippen LogP contribution in [0.4, 0.5) is 0 Å². The summed E-state index contributed by atoms with van der Waals surface area (Å²) in [5.41, 5.74) is 1.90. The predicted octanol–water partition coefficient (Wildman–Crippen LogP) is 3.15. The van der Waals surface area contributed by atoms with E-state index in [4.69, 9.17) is 0 Å². The minimum Gasteiger partial charge on any atom is -0.316 e. The quantitative estimate of drug-likeness (QED) is 0.854. The molecule has 0 aliphatic carbocycles. The summed E-state index contributed by atoms with van der Waals surface area (Å²) in [6.45, 7) is 8.63. The highest BCUT2D eigenvalue weighted by molar-refractivity contribution is 7.99. The van der Waals surface area contributed by atoms with Crippen LogP contribution in [0.25, 0.3) is 0 Å². The molecule has 1 N–H and O–H groups in total. The van der Waals surface area contributed by atoms with Gasteiger partial charge in [0.05, 0.1) is 0 Å². The van der Waals surface area contributed by atoms with E-state index >= 15 is 0 Å². The van der Waals surface area contributed by atoms with E-state index in [-0.39, 0.29) is 0 Å². The van der Waals surface area contributed by atoms with E-state index in [2.05, 4.69) is 48.3 Å². The zero-order valence-corrected chi connectivity index (χ0v) is 13.2. The minimum atomic E-state index is 0.327. The number of fused-ring (bicyclic) bond motifs is 2. The molecule has 1 aromatic rings. The third-order valence-corrected chi connectivity index (χ3v) is 6.84. The van der Waals surface area contributed by atoms with Crippen LogP contribution in [0, 0.1) is 11.8 Å². The Morgan fingerprint density at radius 3 is 2.95 bits per heavy atom. The number of hydrogen-bond acceptors (Lipinski definition) is 3. The Morgan fingerprint density at radius 1 is 1.25 bits per heavy atom. The summed E-state index contributed by atoms with van der Waals surface area (Å²) in [7, 11) is 0. The van der Waals surface area contributed by atoms with Crippen molar-refractivity contribution in [2.24, 2.45) is 11.8 Å². The Morgan fingerprint density at radius 2 is 2.10 bits per heavy atom. The molecule has 0 amide bonds. The molecule has 20 heavy (non-hydrogen) atoms. The smallest absolute Gasteiger partial charge is 0.0372 e. The third-order valence-electron chi connectivity index (χ3n) is 5.72. The van der Waals surface area contributed by atoms with Gasteiger partial charge in [-0.1, -0.05) is 18.2 Å². The van der Waals surface area contributed by atoms with Gasteiger partial charge in [-0.25, -0.2) is 0 Å². The molecule has 0 saturated carbocycles. The molecule has 3 heterocycles. The lowest BCUT2D eigenvalue weighted by molar-refractivity contribution is 0.0844. The summed E-state index contributed by atoms with van der Waals surface area (Å²) in [5, 5.41) is 3.59. The zero-order chi connectivity index (χ0) is 13.7.